The Hall–Kier alpha value is -0.780. The molecule has 0 atom stereocenters. The molecule has 0 N–H and O–H groups in total. The third-order valence-electron chi connectivity index (χ3n) is 1.54. The fourth-order valence-corrected chi connectivity index (χ4v) is 0.485. The highest BCUT2D eigenvalue weighted by molar-refractivity contribution is 5.22. The molecule has 0 aliphatic carbocycles. The molecule has 0 aliphatic heterocycles. The molecule has 0 radical (unpaired) electrons. The van der Waals surface area contributed by atoms with Gasteiger partial charge in [0.15, 0.2) is 5.79 Å². The third kappa shape index (κ3) is 4.95. The lowest BCUT2D eigenvalue weighted by atomic mass is 10.3. The molecule has 2 nitrogen and oxygen atoms in total. The van der Waals surface area contributed by atoms with Gasteiger partial charge in [0.05, 0.1) is 6.61 Å². The predicted molar refractivity (Wildman–Crippen MR) is 49.6 cm³/mol. The van der Waals surface area contributed by atoms with Crippen LogP contribution in [0.3, 0.4) is 0 Å². The second-order valence-corrected chi connectivity index (χ2v) is 2.95. The number of rotatable bonds is 4. The molecule has 0 aromatic carbocycles. The molecule has 12 heavy (non-hydrogen) atoms. The van der Waals surface area contributed by atoms with E-state index in [9.17, 15) is 0 Å². The van der Waals surface area contributed by atoms with Crippen molar-refractivity contribution in [2.24, 2.45) is 0 Å². The van der Waals surface area contributed by atoms with Gasteiger partial charge in [0.25, 0.3) is 0 Å². The van der Waals surface area contributed by atoms with Gasteiger partial charge in [0.2, 0.25) is 0 Å². The fourth-order valence-electron chi connectivity index (χ4n) is 0.485. The highest BCUT2D eigenvalue weighted by atomic mass is 16.7. The van der Waals surface area contributed by atoms with E-state index in [1.807, 2.05) is 26.8 Å². The van der Waals surface area contributed by atoms with Crippen molar-refractivity contribution in [3.05, 3.63) is 11.6 Å². The molecule has 0 amide bonds. The first-order valence-corrected chi connectivity index (χ1v) is 3.84. The molecule has 0 aromatic rings. The fraction of sp³-hybridized carbons (Fsp3) is 0.600. The van der Waals surface area contributed by atoms with E-state index in [1.165, 1.54) is 0 Å². The van der Waals surface area contributed by atoms with E-state index >= 15 is 0 Å². The molecule has 0 rings (SSSR count). The summed E-state index contributed by atoms with van der Waals surface area (Å²) in [4.78, 5) is 0. The zero-order valence-corrected chi connectivity index (χ0v) is 8.18. The van der Waals surface area contributed by atoms with Gasteiger partial charge in [-0.2, -0.15) is 0 Å². The summed E-state index contributed by atoms with van der Waals surface area (Å²) in [7, 11) is 1.61. The van der Waals surface area contributed by atoms with Crippen LogP contribution in [-0.4, -0.2) is 19.5 Å². The summed E-state index contributed by atoms with van der Waals surface area (Å²) < 4.78 is 10.4. The number of terminal acetylenes is 1. The maximum absolute atomic E-state index is 5.36. The number of ether oxygens (including phenoxy) is 2. The van der Waals surface area contributed by atoms with Crippen LogP contribution in [0.25, 0.3) is 0 Å². The van der Waals surface area contributed by atoms with Crippen molar-refractivity contribution in [2.75, 3.05) is 13.7 Å². The van der Waals surface area contributed by atoms with Crippen molar-refractivity contribution in [3.8, 4) is 12.3 Å². The van der Waals surface area contributed by atoms with Gasteiger partial charge >= 0.3 is 0 Å². The Morgan fingerprint density at radius 1 is 1.58 bits per heavy atom. The van der Waals surface area contributed by atoms with Gasteiger partial charge in [-0.3, -0.25) is 0 Å². The highest BCUT2D eigenvalue weighted by Crippen LogP contribution is 2.08. The molecular weight excluding hydrogens is 152 g/mol. The van der Waals surface area contributed by atoms with Crippen molar-refractivity contribution >= 4 is 0 Å². The predicted octanol–water partition coefficient (Wildman–Crippen LogP) is 1.97. The van der Waals surface area contributed by atoms with E-state index in [-0.39, 0.29) is 0 Å². The van der Waals surface area contributed by atoms with Gasteiger partial charge in [-0.05, 0) is 32.4 Å². The summed E-state index contributed by atoms with van der Waals surface area (Å²) in [6.07, 6.45) is 7.00. The molecule has 0 aromatic heterocycles. The van der Waals surface area contributed by atoms with Crippen LogP contribution in [0, 0.1) is 12.3 Å². The van der Waals surface area contributed by atoms with E-state index in [1.54, 1.807) is 7.11 Å². The third-order valence-corrected chi connectivity index (χ3v) is 1.54. The average Bonchev–Trinajstić information content (AvgIpc) is 2.04. The van der Waals surface area contributed by atoms with Crippen LogP contribution in [0.2, 0.25) is 0 Å². The Bertz CT molecular complexity index is 196. The van der Waals surface area contributed by atoms with Gasteiger partial charge in [-0.15, -0.1) is 6.42 Å². The molecule has 0 unspecified atom stereocenters. The minimum absolute atomic E-state index is 0.483. The number of allylic oxidation sites excluding steroid dienone is 1. The lowest BCUT2D eigenvalue weighted by Crippen LogP contribution is -2.26. The van der Waals surface area contributed by atoms with Crippen LogP contribution in [0.5, 0.6) is 0 Å². The molecule has 0 saturated heterocycles. The van der Waals surface area contributed by atoms with Gasteiger partial charge in [-0.1, -0.05) is 5.92 Å². The van der Waals surface area contributed by atoms with Gasteiger partial charge in [0.1, 0.15) is 0 Å². The molecule has 0 bridgehead atoms. The zero-order chi connectivity index (χ0) is 9.61. The van der Waals surface area contributed by atoms with E-state index in [2.05, 4.69) is 5.92 Å². The quantitative estimate of drug-likeness (QED) is 0.472. The minimum atomic E-state index is -0.536. The molecular formula is C10H16O2. The lowest BCUT2D eigenvalue weighted by molar-refractivity contribution is -0.189. The van der Waals surface area contributed by atoms with Crippen LogP contribution in [-0.2, 0) is 9.47 Å². The van der Waals surface area contributed by atoms with Crippen LogP contribution in [0.15, 0.2) is 11.6 Å². The Kier molecular flexibility index (Phi) is 4.65. The topological polar surface area (TPSA) is 18.5 Å². The first kappa shape index (κ1) is 11.2. The summed E-state index contributed by atoms with van der Waals surface area (Å²) in [5, 5.41) is 0. The lowest BCUT2D eigenvalue weighted by Gasteiger charge is -2.22. The first-order chi connectivity index (χ1) is 5.52. The zero-order valence-electron chi connectivity index (χ0n) is 8.18. The molecule has 2 heteroatoms. The SMILES string of the molecule is C#C/C(C)=C/COC(C)(C)OC. The second-order valence-electron chi connectivity index (χ2n) is 2.95. The van der Waals surface area contributed by atoms with Crippen LogP contribution < -0.4 is 0 Å². The average molecular weight is 168 g/mol. The van der Waals surface area contributed by atoms with Gasteiger partial charge < -0.3 is 9.47 Å². The number of hydrogen-bond acceptors (Lipinski definition) is 2. The van der Waals surface area contributed by atoms with Crippen molar-refractivity contribution in [3.63, 3.8) is 0 Å². The largest absolute Gasteiger partial charge is 0.354 e. The Labute approximate surface area is 74.6 Å². The summed E-state index contributed by atoms with van der Waals surface area (Å²) in [5.74, 6) is 1.97. The Morgan fingerprint density at radius 3 is 2.58 bits per heavy atom. The maximum Gasteiger partial charge on any atom is 0.162 e. The van der Waals surface area contributed by atoms with Crippen molar-refractivity contribution < 1.29 is 9.47 Å². The smallest absolute Gasteiger partial charge is 0.162 e. The Morgan fingerprint density at radius 2 is 2.17 bits per heavy atom. The molecule has 0 heterocycles. The van der Waals surface area contributed by atoms with Crippen molar-refractivity contribution in [2.45, 2.75) is 26.6 Å². The maximum atomic E-state index is 5.36. The summed E-state index contributed by atoms with van der Waals surface area (Å²) in [6, 6.07) is 0. The monoisotopic (exact) mass is 168 g/mol. The van der Waals surface area contributed by atoms with Crippen molar-refractivity contribution in [1.82, 2.24) is 0 Å². The molecule has 0 aliphatic rings. The van der Waals surface area contributed by atoms with E-state index < -0.39 is 5.79 Å². The molecule has 0 fully saturated rings. The van der Waals surface area contributed by atoms with Crippen LogP contribution in [0.1, 0.15) is 20.8 Å². The number of hydrogen-bond donors (Lipinski definition) is 0. The van der Waals surface area contributed by atoms with Crippen LogP contribution in [0.4, 0.5) is 0 Å². The van der Waals surface area contributed by atoms with E-state index in [0.29, 0.717) is 6.61 Å². The number of methoxy groups -OCH3 is 1. The first-order valence-electron chi connectivity index (χ1n) is 3.84. The highest BCUT2D eigenvalue weighted by Gasteiger charge is 2.14. The Balaban J connectivity index is 3.79. The second kappa shape index (κ2) is 4.97. The normalized spacial score (nSPS) is 12.8. The molecule has 0 spiro atoms. The van der Waals surface area contributed by atoms with Crippen LogP contribution >= 0.6 is 0 Å². The summed E-state index contributed by atoms with van der Waals surface area (Å²) >= 11 is 0. The summed E-state index contributed by atoms with van der Waals surface area (Å²) in [6.45, 7) is 6.05. The summed E-state index contributed by atoms with van der Waals surface area (Å²) in [5.41, 5.74) is 0.877. The van der Waals surface area contributed by atoms with E-state index in [4.69, 9.17) is 15.9 Å². The minimum Gasteiger partial charge on any atom is -0.354 e. The molecule has 0 saturated carbocycles. The standard InChI is InChI=1S/C10H16O2/c1-6-9(2)7-8-12-10(3,4)11-5/h1,7H,8H2,2-5H3/b9-7+. The van der Waals surface area contributed by atoms with Gasteiger partial charge in [0, 0.05) is 7.11 Å². The molecule has 68 valence electrons. The van der Waals surface area contributed by atoms with E-state index in [0.717, 1.165) is 5.57 Å². The van der Waals surface area contributed by atoms with Gasteiger partial charge in [-0.25, -0.2) is 0 Å². The van der Waals surface area contributed by atoms with Crippen molar-refractivity contribution in [1.29, 1.82) is 0 Å².